The van der Waals surface area contributed by atoms with Crippen LogP contribution >= 0.6 is 0 Å². The molecule has 0 spiro atoms. The van der Waals surface area contributed by atoms with Gasteiger partial charge in [0.1, 0.15) is 5.75 Å². The Bertz CT molecular complexity index is 726. The summed E-state index contributed by atoms with van der Waals surface area (Å²) in [4.78, 5) is 19.7. The van der Waals surface area contributed by atoms with E-state index in [0.717, 1.165) is 51.9 Å². The summed E-state index contributed by atoms with van der Waals surface area (Å²) in [5.74, 6) is 0.804. The van der Waals surface area contributed by atoms with Crippen molar-refractivity contribution in [1.29, 1.82) is 0 Å². The van der Waals surface area contributed by atoms with Gasteiger partial charge in [0.25, 0.3) is 5.91 Å². The van der Waals surface area contributed by atoms with Crippen molar-refractivity contribution in [2.45, 2.75) is 39.0 Å². The second kappa shape index (κ2) is 12.6. The maximum Gasteiger partial charge on any atom is 0.251 e. The highest BCUT2D eigenvalue weighted by atomic mass is 16.5. The maximum atomic E-state index is 12.2. The van der Waals surface area contributed by atoms with E-state index in [1.807, 2.05) is 0 Å². The number of phenols is 1. The first-order valence-corrected chi connectivity index (χ1v) is 12.0. The van der Waals surface area contributed by atoms with E-state index in [2.05, 4.69) is 27.8 Å². The standard InChI is InChI=1S/C24H39N5O3/c1-2-25-23(27-13-12-26-22(31)20-6-8-21(30)9-7-20)28-18-24(10-4-3-5-11-24)19-29-14-16-32-17-15-29/h6-9,30H,2-5,10-19H2,1H3,(H,26,31)(H2,25,27,28). The predicted molar refractivity (Wildman–Crippen MR) is 127 cm³/mol. The number of hydrogen-bond acceptors (Lipinski definition) is 5. The Morgan fingerprint density at radius 1 is 1.06 bits per heavy atom. The van der Waals surface area contributed by atoms with Gasteiger partial charge in [-0.2, -0.15) is 0 Å². The highest BCUT2D eigenvalue weighted by Gasteiger charge is 2.34. The van der Waals surface area contributed by atoms with Crippen molar-refractivity contribution >= 4 is 11.9 Å². The molecule has 4 N–H and O–H groups in total. The van der Waals surface area contributed by atoms with Crippen LogP contribution in [0.25, 0.3) is 0 Å². The van der Waals surface area contributed by atoms with E-state index in [4.69, 9.17) is 9.73 Å². The van der Waals surface area contributed by atoms with Crippen molar-refractivity contribution in [1.82, 2.24) is 20.9 Å². The molecule has 0 atom stereocenters. The number of aliphatic imine (C=N–C) groups is 1. The molecule has 1 aromatic carbocycles. The zero-order valence-corrected chi connectivity index (χ0v) is 19.4. The van der Waals surface area contributed by atoms with Gasteiger partial charge in [0.2, 0.25) is 0 Å². The largest absolute Gasteiger partial charge is 0.508 e. The Morgan fingerprint density at radius 3 is 2.44 bits per heavy atom. The van der Waals surface area contributed by atoms with Crippen LogP contribution in [0.5, 0.6) is 5.75 Å². The van der Waals surface area contributed by atoms with Gasteiger partial charge < -0.3 is 25.8 Å². The molecule has 0 aromatic heterocycles. The maximum absolute atomic E-state index is 12.2. The fraction of sp³-hybridized carbons (Fsp3) is 0.667. The number of morpholine rings is 1. The number of amides is 1. The summed E-state index contributed by atoms with van der Waals surface area (Å²) in [5, 5.41) is 18.9. The third-order valence-corrected chi connectivity index (χ3v) is 6.33. The number of benzene rings is 1. The van der Waals surface area contributed by atoms with Crippen molar-refractivity contribution in [3.8, 4) is 5.75 Å². The van der Waals surface area contributed by atoms with Gasteiger partial charge in [0.15, 0.2) is 5.96 Å². The van der Waals surface area contributed by atoms with E-state index in [0.29, 0.717) is 18.7 Å². The molecule has 1 aromatic rings. The molecule has 1 amide bonds. The molecular formula is C24H39N5O3. The van der Waals surface area contributed by atoms with Gasteiger partial charge in [-0.15, -0.1) is 0 Å². The van der Waals surface area contributed by atoms with Crippen LogP contribution in [-0.4, -0.2) is 80.9 Å². The lowest BCUT2D eigenvalue weighted by Crippen LogP contribution is -2.47. The third kappa shape index (κ3) is 7.67. The van der Waals surface area contributed by atoms with Gasteiger partial charge in [-0.25, -0.2) is 0 Å². The van der Waals surface area contributed by atoms with Crippen molar-refractivity contribution in [2.75, 3.05) is 59.0 Å². The number of phenolic OH excluding ortho intramolecular Hbond substituents is 1. The quantitative estimate of drug-likeness (QED) is 0.264. The Balaban J connectivity index is 1.50. The van der Waals surface area contributed by atoms with Gasteiger partial charge in [0, 0.05) is 56.8 Å². The van der Waals surface area contributed by atoms with Crippen LogP contribution in [0, 0.1) is 5.41 Å². The summed E-state index contributed by atoms with van der Waals surface area (Å²) < 4.78 is 5.53. The summed E-state index contributed by atoms with van der Waals surface area (Å²) in [7, 11) is 0. The van der Waals surface area contributed by atoms with Gasteiger partial charge in [-0.05, 0) is 44.0 Å². The Kier molecular flexibility index (Phi) is 9.62. The highest BCUT2D eigenvalue weighted by Crippen LogP contribution is 2.37. The van der Waals surface area contributed by atoms with Crippen molar-refractivity contribution in [2.24, 2.45) is 10.4 Å². The van der Waals surface area contributed by atoms with Crippen LogP contribution in [0.3, 0.4) is 0 Å². The Labute approximate surface area is 191 Å². The minimum atomic E-state index is -0.152. The number of nitrogens with zero attached hydrogens (tertiary/aromatic N) is 2. The zero-order chi connectivity index (χ0) is 22.7. The number of rotatable bonds is 9. The average molecular weight is 446 g/mol. The van der Waals surface area contributed by atoms with Gasteiger partial charge in [-0.1, -0.05) is 19.3 Å². The summed E-state index contributed by atoms with van der Waals surface area (Å²) in [6.45, 7) is 9.56. The Hall–Kier alpha value is -2.32. The molecule has 1 saturated heterocycles. The molecule has 1 heterocycles. The number of carbonyl (C=O) groups excluding carboxylic acids is 1. The molecule has 178 valence electrons. The Morgan fingerprint density at radius 2 is 1.75 bits per heavy atom. The lowest BCUT2D eigenvalue weighted by Gasteiger charge is -2.41. The van der Waals surface area contributed by atoms with Crippen molar-refractivity contribution < 1.29 is 14.6 Å². The van der Waals surface area contributed by atoms with Crippen LogP contribution in [0.4, 0.5) is 0 Å². The van der Waals surface area contributed by atoms with E-state index < -0.39 is 0 Å². The fourth-order valence-corrected chi connectivity index (χ4v) is 4.56. The van der Waals surface area contributed by atoms with Gasteiger partial charge >= 0.3 is 0 Å². The topological polar surface area (TPSA) is 98.2 Å². The van der Waals surface area contributed by atoms with Crippen molar-refractivity contribution in [3.63, 3.8) is 0 Å². The second-order valence-electron chi connectivity index (χ2n) is 8.87. The van der Waals surface area contributed by atoms with Crippen LogP contribution in [-0.2, 0) is 4.74 Å². The summed E-state index contributed by atoms with van der Waals surface area (Å²) in [5.41, 5.74) is 0.774. The minimum absolute atomic E-state index is 0.152. The number of nitrogens with one attached hydrogen (secondary N) is 3. The summed E-state index contributed by atoms with van der Waals surface area (Å²) >= 11 is 0. The molecular weight excluding hydrogens is 406 g/mol. The molecule has 1 aliphatic heterocycles. The van der Waals surface area contributed by atoms with Gasteiger partial charge in [0.05, 0.1) is 13.2 Å². The normalized spacial score (nSPS) is 19.3. The number of ether oxygens (including phenoxy) is 1. The summed E-state index contributed by atoms with van der Waals surface area (Å²) in [6.07, 6.45) is 6.36. The smallest absolute Gasteiger partial charge is 0.251 e. The zero-order valence-electron chi connectivity index (χ0n) is 19.4. The molecule has 2 aliphatic rings. The lowest BCUT2D eigenvalue weighted by molar-refractivity contribution is 0.00937. The predicted octanol–water partition coefficient (Wildman–Crippen LogP) is 1.96. The monoisotopic (exact) mass is 445 g/mol. The first kappa shape index (κ1) is 24.3. The molecule has 8 nitrogen and oxygen atoms in total. The lowest BCUT2D eigenvalue weighted by atomic mass is 9.73. The fourth-order valence-electron chi connectivity index (χ4n) is 4.56. The molecule has 1 aliphatic carbocycles. The molecule has 8 heteroatoms. The summed E-state index contributed by atoms with van der Waals surface area (Å²) in [6, 6.07) is 6.26. The van der Waals surface area contributed by atoms with E-state index >= 15 is 0 Å². The van der Waals surface area contributed by atoms with Crippen LogP contribution < -0.4 is 16.0 Å². The second-order valence-corrected chi connectivity index (χ2v) is 8.87. The number of hydrogen-bond donors (Lipinski definition) is 4. The number of carbonyl (C=O) groups is 1. The molecule has 2 fully saturated rings. The molecule has 0 bridgehead atoms. The van der Waals surface area contributed by atoms with E-state index in [1.54, 1.807) is 12.1 Å². The van der Waals surface area contributed by atoms with E-state index in [-0.39, 0.29) is 17.1 Å². The van der Waals surface area contributed by atoms with E-state index in [9.17, 15) is 9.90 Å². The number of aromatic hydroxyl groups is 1. The molecule has 32 heavy (non-hydrogen) atoms. The van der Waals surface area contributed by atoms with Crippen LogP contribution in [0.15, 0.2) is 29.3 Å². The van der Waals surface area contributed by atoms with E-state index in [1.165, 1.54) is 44.2 Å². The molecule has 0 unspecified atom stereocenters. The third-order valence-electron chi connectivity index (χ3n) is 6.33. The minimum Gasteiger partial charge on any atom is -0.508 e. The van der Waals surface area contributed by atoms with Crippen molar-refractivity contribution in [3.05, 3.63) is 29.8 Å². The highest BCUT2D eigenvalue weighted by molar-refractivity contribution is 5.94. The first-order valence-electron chi connectivity index (χ1n) is 12.0. The molecule has 0 radical (unpaired) electrons. The van der Waals surface area contributed by atoms with Gasteiger partial charge in [-0.3, -0.25) is 14.7 Å². The average Bonchev–Trinajstić information content (AvgIpc) is 2.82. The number of guanidine groups is 1. The van der Waals surface area contributed by atoms with Crippen LogP contribution in [0.1, 0.15) is 49.4 Å². The molecule has 1 saturated carbocycles. The molecule has 3 rings (SSSR count). The first-order chi connectivity index (χ1) is 15.6. The SMILES string of the molecule is CCNC(=NCC1(CN2CCOCC2)CCCCC1)NCCNC(=O)c1ccc(O)cc1. The van der Waals surface area contributed by atoms with Crippen LogP contribution in [0.2, 0.25) is 0 Å².